The number of carbonyl (C=O) groups is 1. The summed E-state index contributed by atoms with van der Waals surface area (Å²) in [6.45, 7) is 2.97. The molecule has 0 saturated carbocycles. The first kappa shape index (κ1) is 11.3. The van der Waals surface area contributed by atoms with Gasteiger partial charge >= 0.3 is 6.03 Å². The Morgan fingerprint density at radius 3 is 2.21 bits per heavy atom. The lowest BCUT2D eigenvalue weighted by atomic mass is 10.2. The molecule has 14 heavy (non-hydrogen) atoms. The fourth-order valence-electron chi connectivity index (χ4n) is 1.90. The summed E-state index contributed by atoms with van der Waals surface area (Å²) >= 11 is 0. The topological polar surface area (TPSA) is 26.8 Å². The Balaban J connectivity index is 2.61. The molecule has 1 saturated heterocycles. The average molecular weight is 199 g/mol. The largest absolute Gasteiger partial charge is 0.331 e. The van der Waals surface area contributed by atoms with Gasteiger partial charge in [0.25, 0.3) is 0 Å². The maximum absolute atomic E-state index is 11.8. The quantitative estimate of drug-likeness (QED) is 0.621. The minimum atomic E-state index is 0.127. The number of nitrogens with zero attached hydrogens (tertiary/aromatic N) is 3. The van der Waals surface area contributed by atoms with Crippen LogP contribution in [0.1, 0.15) is 13.3 Å². The summed E-state index contributed by atoms with van der Waals surface area (Å²) in [6, 6.07) is 0.994. The molecule has 1 heterocycles. The number of hydrogen-bond donors (Lipinski definition) is 0. The van der Waals surface area contributed by atoms with Crippen LogP contribution in [0.4, 0.5) is 4.79 Å². The molecule has 2 amide bonds. The van der Waals surface area contributed by atoms with Gasteiger partial charge in [0.1, 0.15) is 0 Å². The predicted molar refractivity (Wildman–Crippen MR) is 57.3 cm³/mol. The number of hydrogen-bond acceptors (Lipinski definition) is 2. The number of rotatable bonds is 1. The first-order valence-corrected chi connectivity index (χ1v) is 5.07. The Morgan fingerprint density at radius 2 is 1.86 bits per heavy atom. The van der Waals surface area contributed by atoms with Crippen LogP contribution < -0.4 is 0 Å². The van der Waals surface area contributed by atoms with Gasteiger partial charge in [-0.25, -0.2) is 4.79 Å². The van der Waals surface area contributed by atoms with Crippen LogP contribution in [-0.2, 0) is 0 Å². The molecule has 0 aromatic heterocycles. The van der Waals surface area contributed by atoms with E-state index in [1.165, 1.54) is 0 Å². The number of likely N-dealkylation sites (N-methyl/N-ethyl adjacent to an activating group) is 1. The summed E-state index contributed by atoms with van der Waals surface area (Å²) in [4.78, 5) is 17.5. The lowest BCUT2D eigenvalue weighted by Gasteiger charge is -2.25. The smallest absolute Gasteiger partial charge is 0.319 e. The minimum absolute atomic E-state index is 0.127. The zero-order valence-corrected chi connectivity index (χ0v) is 9.82. The molecule has 0 radical (unpaired) electrons. The molecule has 2 unspecified atom stereocenters. The molecule has 0 aromatic rings. The molecular weight excluding hydrogens is 178 g/mol. The van der Waals surface area contributed by atoms with Gasteiger partial charge in [0.2, 0.25) is 0 Å². The minimum Gasteiger partial charge on any atom is -0.331 e. The highest BCUT2D eigenvalue weighted by Gasteiger charge is 2.33. The third kappa shape index (κ3) is 2.18. The molecule has 4 heteroatoms. The van der Waals surface area contributed by atoms with Crippen LogP contribution in [0.5, 0.6) is 0 Å². The molecule has 2 atom stereocenters. The zero-order chi connectivity index (χ0) is 10.9. The maximum Gasteiger partial charge on any atom is 0.319 e. The number of carbonyl (C=O) groups excluding carboxylic acids is 1. The molecule has 1 aliphatic rings. The predicted octanol–water partition coefficient (Wildman–Crippen LogP) is 0.692. The first-order chi connectivity index (χ1) is 6.43. The molecule has 0 bridgehead atoms. The van der Waals surface area contributed by atoms with E-state index in [0.717, 1.165) is 13.0 Å². The third-order valence-electron chi connectivity index (χ3n) is 2.91. The van der Waals surface area contributed by atoms with Crippen molar-refractivity contribution >= 4 is 6.03 Å². The van der Waals surface area contributed by atoms with Gasteiger partial charge in [-0.15, -0.1) is 0 Å². The fourth-order valence-corrected chi connectivity index (χ4v) is 1.90. The van der Waals surface area contributed by atoms with Crippen molar-refractivity contribution < 1.29 is 4.79 Å². The summed E-state index contributed by atoms with van der Waals surface area (Å²) in [5.74, 6) is 0. The molecule has 1 rings (SSSR count). The van der Waals surface area contributed by atoms with Crippen molar-refractivity contribution in [1.82, 2.24) is 14.7 Å². The van der Waals surface area contributed by atoms with Crippen molar-refractivity contribution in [3.63, 3.8) is 0 Å². The van der Waals surface area contributed by atoms with Crippen LogP contribution >= 0.6 is 0 Å². The van der Waals surface area contributed by atoms with Crippen molar-refractivity contribution in [3.05, 3.63) is 0 Å². The molecule has 82 valence electrons. The van der Waals surface area contributed by atoms with E-state index < -0.39 is 0 Å². The van der Waals surface area contributed by atoms with Gasteiger partial charge in [-0.05, 0) is 27.4 Å². The van der Waals surface area contributed by atoms with Gasteiger partial charge in [0, 0.05) is 32.7 Å². The summed E-state index contributed by atoms with van der Waals surface area (Å²) < 4.78 is 0. The van der Waals surface area contributed by atoms with Crippen molar-refractivity contribution in [2.24, 2.45) is 0 Å². The Hall–Kier alpha value is -0.770. The number of likely N-dealkylation sites (tertiary alicyclic amines) is 1. The molecular formula is C10H21N3O. The van der Waals surface area contributed by atoms with Crippen LogP contribution in [-0.4, -0.2) is 67.5 Å². The SMILES string of the molecule is CC1CC(N(C)C)CN1C(=O)N(C)C. The van der Waals surface area contributed by atoms with Crippen LogP contribution in [0.15, 0.2) is 0 Å². The molecule has 0 spiro atoms. The molecule has 1 aliphatic heterocycles. The van der Waals surface area contributed by atoms with Gasteiger partial charge in [-0.2, -0.15) is 0 Å². The van der Waals surface area contributed by atoms with E-state index in [1.54, 1.807) is 19.0 Å². The Kier molecular flexibility index (Phi) is 3.37. The van der Waals surface area contributed by atoms with E-state index in [9.17, 15) is 4.79 Å². The monoisotopic (exact) mass is 199 g/mol. The van der Waals surface area contributed by atoms with Crippen LogP contribution in [0.25, 0.3) is 0 Å². The van der Waals surface area contributed by atoms with Crippen LogP contribution in [0.2, 0.25) is 0 Å². The van der Waals surface area contributed by atoms with Gasteiger partial charge in [-0.1, -0.05) is 0 Å². The maximum atomic E-state index is 11.8. The normalized spacial score (nSPS) is 27.1. The van der Waals surface area contributed by atoms with Crippen molar-refractivity contribution in [1.29, 1.82) is 0 Å². The average Bonchev–Trinajstić information content (AvgIpc) is 2.46. The molecule has 4 nitrogen and oxygen atoms in total. The summed E-state index contributed by atoms with van der Waals surface area (Å²) in [7, 11) is 7.75. The molecule has 0 aliphatic carbocycles. The molecule has 0 N–H and O–H groups in total. The zero-order valence-electron chi connectivity index (χ0n) is 9.82. The van der Waals surface area contributed by atoms with E-state index in [2.05, 4.69) is 25.9 Å². The summed E-state index contributed by atoms with van der Waals surface area (Å²) in [5, 5.41) is 0. The van der Waals surface area contributed by atoms with E-state index in [0.29, 0.717) is 12.1 Å². The second kappa shape index (κ2) is 4.17. The van der Waals surface area contributed by atoms with E-state index >= 15 is 0 Å². The van der Waals surface area contributed by atoms with Crippen LogP contribution in [0, 0.1) is 0 Å². The fraction of sp³-hybridized carbons (Fsp3) is 0.900. The third-order valence-corrected chi connectivity index (χ3v) is 2.91. The second-order valence-corrected chi connectivity index (χ2v) is 4.53. The summed E-state index contributed by atoms with van der Waals surface area (Å²) in [6.07, 6.45) is 1.08. The standard InChI is InChI=1S/C10H21N3O/c1-8-6-9(11(2)3)7-13(8)10(14)12(4)5/h8-9H,6-7H2,1-5H3. The molecule has 1 fully saturated rings. The lowest BCUT2D eigenvalue weighted by Crippen LogP contribution is -2.42. The van der Waals surface area contributed by atoms with E-state index in [1.807, 2.05) is 4.90 Å². The van der Waals surface area contributed by atoms with Crippen molar-refractivity contribution in [2.45, 2.75) is 25.4 Å². The Bertz CT molecular complexity index is 215. The van der Waals surface area contributed by atoms with Gasteiger partial charge in [0.15, 0.2) is 0 Å². The van der Waals surface area contributed by atoms with Crippen LogP contribution in [0.3, 0.4) is 0 Å². The lowest BCUT2D eigenvalue weighted by molar-refractivity contribution is 0.166. The van der Waals surface area contributed by atoms with E-state index in [4.69, 9.17) is 0 Å². The number of amides is 2. The van der Waals surface area contributed by atoms with Gasteiger partial charge in [0.05, 0.1) is 0 Å². The Morgan fingerprint density at radius 1 is 1.29 bits per heavy atom. The highest BCUT2D eigenvalue weighted by Crippen LogP contribution is 2.21. The number of urea groups is 1. The highest BCUT2D eigenvalue weighted by molar-refractivity contribution is 5.74. The summed E-state index contributed by atoms with van der Waals surface area (Å²) in [5.41, 5.74) is 0. The Labute approximate surface area is 86.5 Å². The van der Waals surface area contributed by atoms with Crippen molar-refractivity contribution in [3.8, 4) is 0 Å². The highest BCUT2D eigenvalue weighted by atomic mass is 16.2. The van der Waals surface area contributed by atoms with E-state index in [-0.39, 0.29) is 6.03 Å². The van der Waals surface area contributed by atoms with Crippen molar-refractivity contribution in [2.75, 3.05) is 34.7 Å². The van der Waals surface area contributed by atoms with Gasteiger partial charge < -0.3 is 14.7 Å². The van der Waals surface area contributed by atoms with Gasteiger partial charge in [-0.3, -0.25) is 0 Å². The first-order valence-electron chi connectivity index (χ1n) is 5.07. The molecule has 0 aromatic carbocycles. The second-order valence-electron chi connectivity index (χ2n) is 4.53.